The number of hydrogen-bond donors (Lipinski definition) is 0. The van der Waals surface area contributed by atoms with E-state index in [1.807, 2.05) is 0 Å². The lowest BCUT2D eigenvalue weighted by atomic mass is 9.86. The van der Waals surface area contributed by atoms with Crippen molar-refractivity contribution in [3.05, 3.63) is 210 Å². The second-order valence-corrected chi connectivity index (χ2v) is 14.5. The highest BCUT2D eigenvalue weighted by Crippen LogP contribution is 2.42. The van der Waals surface area contributed by atoms with Crippen LogP contribution < -0.4 is 4.90 Å². The molecule has 3 heteroatoms. The number of aliphatic imine (C=N–C) groups is 2. The number of amidine groups is 1. The maximum absolute atomic E-state index is 5.48. The van der Waals surface area contributed by atoms with Crippen LogP contribution in [0.25, 0.3) is 32.7 Å². The van der Waals surface area contributed by atoms with E-state index in [9.17, 15) is 0 Å². The van der Waals surface area contributed by atoms with Crippen LogP contribution in [0.3, 0.4) is 0 Å². The van der Waals surface area contributed by atoms with Crippen LogP contribution in [0.1, 0.15) is 73.9 Å². The molecule has 0 fully saturated rings. The van der Waals surface area contributed by atoms with Crippen LogP contribution in [0.4, 0.5) is 5.69 Å². The average Bonchev–Trinajstić information content (AvgIpc) is 3.24. The summed E-state index contributed by atoms with van der Waals surface area (Å²) >= 11 is 0. The molecule has 2 atom stereocenters. The van der Waals surface area contributed by atoms with Crippen LogP contribution in [0.2, 0.25) is 0 Å². The Morgan fingerprint density at radius 2 is 1.35 bits per heavy atom. The van der Waals surface area contributed by atoms with E-state index in [4.69, 9.17) is 9.98 Å². The summed E-state index contributed by atoms with van der Waals surface area (Å²) in [4.78, 5) is 13.3. The van der Waals surface area contributed by atoms with E-state index in [1.165, 1.54) is 49.6 Å². The second-order valence-electron chi connectivity index (χ2n) is 14.5. The zero-order valence-corrected chi connectivity index (χ0v) is 32.0. The summed E-state index contributed by atoms with van der Waals surface area (Å²) in [5, 5.41) is 4.93. The molecule has 1 heterocycles. The van der Waals surface area contributed by atoms with Crippen molar-refractivity contribution in [1.82, 2.24) is 0 Å². The summed E-state index contributed by atoms with van der Waals surface area (Å²) in [6.45, 7) is 11.1. The van der Waals surface area contributed by atoms with Crippen LogP contribution in [0, 0.1) is 5.92 Å². The van der Waals surface area contributed by atoms with Gasteiger partial charge in [0.1, 0.15) is 0 Å². The molecule has 3 nitrogen and oxygen atoms in total. The minimum Gasteiger partial charge on any atom is -0.320 e. The zero-order valence-electron chi connectivity index (χ0n) is 32.0. The number of rotatable bonds is 8. The second kappa shape index (κ2) is 16.0. The quantitative estimate of drug-likeness (QED) is 0.114. The molecule has 2 aliphatic rings. The first-order valence-corrected chi connectivity index (χ1v) is 19.5. The van der Waals surface area contributed by atoms with Crippen molar-refractivity contribution in [2.75, 3.05) is 4.90 Å². The summed E-state index contributed by atoms with van der Waals surface area (Å²) in [7, 11) is 0. The van der Waals surface area contributed by atoms with Crippen molar-refractivity contribution in [3.63, 3.8) is 0 Å². The predicted molar refractivity (Wildman–Crippen MR) is 237 cm³/mol. The van der Waals surface area contributed by atoms with Crippen LogP contribution in [-0.2, 0) is 0 Å². The van der Waals surface area contributed by atoms with Crippen LogP contribution in [-0.4, -0.2) is 11.5 Å². The first kappa shape index (κ1) is 35.7. The fourth-order valence-electron chi connectivity index (χ4n) is 7.90. The van der Waals surface area contributed by atoms with Gasteiger partial charge in [-0.15, -0.1) is 0 Å². The molecule has 8 rings (SSSR count). The molecule has 0 bridgehead atoms. The molecule has 2 unspecified atom stereocenters. The van der Waals surface area contributed by atoms with Gasteiger partial charge in [0.15, 0.2) is 5.84 Å². The predicted octanol–water partition coefficient (Wildman–Crippen LogP) is 13.7. The molecule has 55 heavy (non-hydrogen) atoms. The fraction of sp³-hybridized carbons (Fsp3) is 0.154. The first-order valence-electron chi connectivity index (χ1n) is 19.5. The van der Waals surface area contributed by atoms with Crippen molar-refractivity contribution < 1.29 is 0 Å². The molecule has 6 aromatic rings. The van der Waals surface area contributed by atoms with E-state index in [-0.39, 0.29) is 12.0 Å². The van der Waals surface area contributed by atoms with Crippen LogP contribution >= 0.6 is 0 Å². The number of hydrogen-bond acceptors (Lipinski definition) is 2. The maximum atomic E-state index is 5.48. The topological polar surface area (TPSA) is 28.0 Å². The van der Waals surface area contributed by atoms with Crippen molar-refractivity contribution in [3.8, 4) is 0 Å². The summed E-state index contributed by atoms with van der Waals surface area (Å²) in [5.41, 5.74) is 11.6. The highest BCUT2D eigenvalue weighted by molar-refractivity contribution is 6.13. The first-order chi connectivity index (χ1) is 27.0. The fourth-order valence-corrected chi connectivity index (χ4v) is 7.90. The molecule has 0 saturated carbocycles. The van der Waals surface area contributed by atoms with Crippen molar-refractivity contribution in [2.24, 2.45) is 15.9 Å². The van der Waals surface area contributed by atoms with Crippen LogP contribution in [0.5, 0.6) is 0 Å². The van der Waals surface area contributed by atoms with Gasteiger partial charge in [0.2, 0.25) is 0 Å². The zero-order chi connectivity index (χ0) is 37.7. The standard InChI is InChI=1S/C52H47N3/c1-5-36(2)50(42-21-8-6-9-22-42)54-52(43-23-10-7-11-24-43)53-38(4)46-34-30-39-19-12-14-25-47(39)49(46)41-27-31-44(32-28-41)55-35-17-16-18-37(3)45-33-29-40-20-13-15-26-48(40)51(45)55/h6-27,29-31,33-36,38H,3,5,28,32H2,1-2,4H3/b18-16-,35-17-,53-52?,54-50?. The van der Waals surface area contributed by atoms with E-state index < -0.39 is 0 Å². The lowest BCUT2D eigenvalue weighted by molar-refractivity contribution is 0.740. The Hall–Kier alpha value is -6.32. The van der Waals surface area contributed by atoms with Crippen molar-refractivity contribution in [2.45, 2.75) is 46.1 Å². The molecular weight excluding hydrogens is 667 g/mol. The van der Waals surface area contributed by atoms with Crippen LogP contribution in [0.15, 0.2) is 192 Å². The third kappa shape index (κ3) is 7.31. The average molecular weight is 714 g/mol. The number of fused-ring (bicyclic) bond motifs is 4. The van der Waals surface area contributed by atoms with Gasteiger partial charge in [-0.2, -0.15) is 0 Å². The number of benzene rings is 6. The lowest BCUT2D eigenvalue weighted by Crippen LogP contribution is -2.19. The number of allylic oxidation sites excluding steroid dienone is 8. The van der Waals surface area contributed by atoms with Gasteiger partial charge in [-0.3, -0.25) is 4.99 Å². The molecule has 0 spiro atoms. The third-order valence-corrected chi connectivity index (χ3v) is 11.0. The van der Waals surface area contributed by atoms with Gasteiger partial charge < -0.3 is 4.90 Å². The minimum atomic E-state index is -0.146. The van der Waals surface area contributed by atoms with E-state index in [1.54, 1.807) is 0 Å². The molecular formula is C52H47N3. The Balaban J connectivity index is 1.25. The molecule has 270 valence electrons. The minimum absolute atomic E-state index is 0.146. The molecule has 6 aromatic carbocycles. The normalized spacial score (nSPS) is 17.1. The Morgan fingerprint density at radius 1 is 0.691 bits per heavy atom. The molecule has 1 aliphatic carbocycles. The van der Waals surface area contributed by atoms with Crippen molar-refractivity contribution in [1.29, 1.82) is 0 Å². The lowest BCUT2D eigenvalue weighted by Gasteiger charge is -2.31. The Kier molecular flexibility index (Phi) is 10.4. The largest absolute Gasteiger partial charge is 0.320 e. The smallest absolute Gasteiger partial charge is 0.155 e. The van der Waals surface area contributed by atoms with Gasteiger partial charge in [0, 0.05) is 28.4 Å². The Labute approximate surface area is 325 Å². The van der Waals surface area contributed by atoms with Crippen molar-refractivity contribution >= 4 is 49.9 Å². The van der Waals surface area contributed by atoms with E-state index in [2.05, 4.69) is 202 Å². The number of nitrogens with zero attached hydrogens (tertiary/aromatic N) is 3. The van der Waals surface area contributed by atoms with E-state index in [0.717, 1.165) is 53.1 Å². The summed E-state index contributed by atoms with van der Waals surface area (Å²) in [5.74, 6) is 1.04. The molecule has 0 saturated heterocycles. The van der Waals surface area contributed by atoms with Gasteiger partial charge in [-0.1, -0.05) is 172 Å². The van der Waals surface area contributed by atoms with Gasteiger partial charge in [-0.25, -0.2) is 4.99 Å². The summed E-state index contributed by atoms with van der Waals surface area (Å²) < 4.78 is 0. The summed E-state index contributed by atoms with van der Waals surface area (Å²) in [6.07, 6.45) is 16.0. The van der Waals surface area contributed by atoms with Gasteiger partial charge in [0.05, 0.1) is 17.4 Å². The van der Waals surface area contributed by atoms with Gasteiger partial charge in [-0.05, 0) is 88.3 Å². The Morgan fingerprint density at radius 3 is 2.05 bits per heavy atom. The Bertz CT molecular complexity index is 2560. The SMILES string of the molecule is C=C1/C=C\C=C/N(C2=CC=C(c3c(C(C)N=C(N=C(c4ccccc4)C(C)CC)c4ccccc4)ccc4ccccc34)CC2)c2c1ccc1ccccc21. The monoisotopic (exact) mass is 713 g/mol. The third-order valence-electron chi connectivity index (χ3n) is 11.0. The summed E-state index contributed by atoms with van der Waals surface area (Å²) in [6, 6.07) is 47.2. The molecule has 0 radical (unpaired) electrons. The molecule has 1 aliphatic heterocycles. The number of anilines is 1. The highest BCUT2D eigenvalue weighted by Gasteiger charge is 2.24. The van der Waals surface area contributed by atoms with Gasteiger partial charge in [0.25, 0.3) is 0 Å². The van der Waals surface area contributed by atoms with Gasteiger partial charge >= 0.3 is 0 Å². The maximum Gasteiger partial charge on any atom is 0.155 e. The molecule has 0 amide bonds. The molecule has 0 aromatic heterocycles. The highest BCUT2D eigenvalue weighted by atomic mass is 15.1. The van der Waals surface area contributed by atoms with E-state index in [0.29, 0.717) is 0 Å². The van der Waals surface area contributed by atoms with E-state index >= 15 is 0 Å². The molecule has 0 N–H and O–H groups in total.